The Bertz CT molecular complexity index is 777. The zero-order valence-corrected chi connectivity index (χ0v) is 12.7. The highest BCUT2D eigenvalue weighted by molar-refractivity contribution is 5.72. The summed E-state index contributed by atoms with van der Waals surface area (Å²) in [4.78, 5) is 0. The van der Waals surface area contributed by atoms with Gasteiger partial charge in [0.1, 0.15) is 11.5 Å². The zero-order chi connectivity index (χ0) is 15.7. The summed E-state index contributed by atoms with van der Waals surface area (Å²) in [6, 6.07) is 19.5. The average molecular weight is 290 g/mol. The largest absolute Gasteiger partial charge is 0.508 e. The molecule has 0 heterocycles. The molecule has 2 nitrogen and oxygen atoms in total. The Balaban J connectivity index is 1.96. The molecule has 2 heteroatoms. The monoisotopic (exact) mass is 290 g/mol. The SMILES string of the molecule is Cc1cc(-c2ccc(-c3ccc(O)cc3)cc2)cc(C)c1O. The van der Waals surface area contributed by atoms with Gasteiger partial charge in [-0.3, -0.25) is 0 Å². The summed E-state index contributed by atoms with van der Waals surface area (Å²) in [6.07, 6.45) is 0. The lowest BCUT2D eigenvalue weighted by Gasteiger charge is -2.09. The first-order valence-corrected chi connectivity index (χ1v) is 7.24. The summed E-state index contributed by atoms with van der Waals surface area (Å²) in [6.45, 7) is 3.83. The number of rotatable bonds is 2. The quantitative estimate of drug-likeness (QED) is 0.693. The number of benzene rings is 3. The van der Waals surface area contributed by atoms with Crippen LogP contribution >= 0.6 is 0 Å². The molecule has 0 aromatic heterocycles. The number of hydrogen-bond donors (Lipinski definition) is 2. The fraction of sp³-hybridized carbons (Fsp3) is 0.100. The smallest absolute Gasteiger partial charge is 0.121 e. The Hall–Kier alpha value is -2.74. The molecule has 0 unspecified atom stereocenters. The molecule has 0 aliphatic rings. The van der Waals surface area contributed by atoms with Gasteiger partial charge in [-0.1, -0.05) is 36.4 Å². The van der Waals surface area contributed by atoms with Crippen LogP contribution in [-0.2, 0) is 0 Å². The van der Waals surface area contributed by atoms with Crippen molar-refractivity contribution in [3.63, 3.8) is 0 Å². The lowest BCUT2D eigenvalue weighted by molar-refractivity contribution is 0.467. The van der Waals surface area contributed by atoms with Crippen LogP contribution in [0.1, 0.15) is 11.1 Å². The molecule has 0 amide bonds. The highest BCUT2D eigenvalue weighted by atomic mass is 16.3. The average Bonchev–Trinajstić information content (AvgIpc) is 2.53. The van der Waals surface area contributed by atoms with Crippen molar-refractivity contribution in [2.24, 2.45) is 0 Å². The Morgan fingerprint density at radius 1 is 0.545 bits per heavy atom. The maximum absolute atomic E-state index is 9.87. The van der Waals surface area contributed by atoms with Crippen molar-refractivity contribution in [2.75, 3.05) is 0 Å². The first-order chi connectivity index (χ1) is 10.5. The van der Waals surface area contributed by atoms with Crippen molar-refractivity contribution >= 4 is 0 Å². The van der Waals surface area contributed by atoms with E-state index in [1.165, 1.54) is 0 Å². The summed E-state index contributed by atoms with van der Waals surface area (Å²) in [7, 11) is 0. The fourth-order valence-corrected chi connectivity index (χ4v) is 2.63. The highest BCUT2D eigenvalue weighted by Gasteiger charge is 2.06. The Morgan fingerprint density at radius 3 is 1.36 bits per heavy atom. The number of aryl methyl sites for hydroxylation is 2. The molecule has 0 radical (unpaired) electrons. The van der Waals surface area contributed by atoms with Crippen LogP contribution in [0.4, 0.5) is 0 Å². The van der Waals surface area contributed by atoms with Crippen LogP contribution < -0.4 is 0 Å². The number of phenols is 2. The van der Waals surface area contributed by atoms with E-state index in [2.05, 4.69) is 24.3 Å². The molecule has 110 valence electrons. The second kappa shape index (κ2) is 5.57. The summed E-state index contributed by atoms with van der Waals surface area (Å²) in [5, 5.41) is 19.2. The third kappa shape index (κ3) is 2.68. The van der Waals surface area contributed by atoms with Gasteiger partial charge in [-0.15, -0.1) is 0 Å². The first-order valence-electron chi connectivity index (χ1n) is 7.24. The van der Waals surface area contributed by atoms with Gasteiger partial charge in [-0.2, -0.15) is 0 Å². The molecule has 0 saturated carbocycles. The molecule has 0 saturated heterocycles. The van der Waals surface area contributed by atoms with E-state index in [-0.39, 0.29) is 5.75 Å². The van der Waals surface area contributed by atoms with Crippen molar-refractivity contribution in [3.8, 4) is 33.8 Å². The maximum atomic E-state index is 9.87. The topological polar surface area (TPSA) is 40.5 Å². The molecule has 3 aromatic carbocycles. The second-order valence-electron chi connectivity index (χ2n) is 5.58. The van der Waals surface area contributed by atoms with E-state index in [1.54, 1.807) is 12.1 Å². The van der Waals surface area contributed by atoms with Crippen LogP contribution in [0, 0.1) is 13.8 Å². The molecule has 22 heavy (non-hydrogen) atoms. The van der Waals surface area contributed by atoms with E-state index >= 15 is 0 Å². The molecular formula is C20H18O2. The summed E-state index contributed by atoms with van der Waals surface area (Å²) in [5.74, 6) is 0.639. The predicted molar refractivity (Wildman–Crippen MR) is 90.1 cm³/mol. The number of phenolic OH excluding ortho intramolecular Hbond substituents is 2. The molecule has 3 aromatic rings. The minimum absolute atomic E-state index is 0.274. The van der Waals surface area contributed by atoms with Gasteiger partial charge in [0.25, 0.3) is 0 Å². The van der Waals surface area contributed by atoms with E-state index in [4.69, 9.17) is 0 Å². The van der Waals surface area contributed by atoms with Crippen LogP contribution in [0.25, 0.3) is 22.3 Å². The van der Waals surface area contributed by atoms with E-state index in [9.17, 15) is 10.2 Å². The van der Waals surface area contributed by atoms with Gasteiger partial charge in [0, 0.05) is 0 Å². The first kappa shape index (κ1) is 14.2. The van der Waals surface area contributed by atoms with Gasteiger partial charge in [0.05, 0.1) is 0 Å². The van der Waals surface area contributed by atoms with E-state index in [0.29, 0.717) is 5.75 Å². The van der Waals surface area contributed by atoms with Gasteiger partial charge in [-0.05, 0) is 71.5 Å². The third-order valence-corrected chi connectivity index (χ3v) is 3.91. The third-order valence-electron chi connectivity index (χ3n) is 3.91. The van der Waals surface area contributed by atoms with Gasteiger partial charge < -0.3 is 10.2 Å². The van der Waals surface area contributed by atoms with Gasteiger partial charge in [-0.25, -0.2) is 0 Å². The minimum Gasteiger partial charge on any atom is -0.508 e. The molecule has 0 aliphatic carbocycles. The zero-order valence-electron chi connectivity index (χ0n) is 12.7. The summed E-state index contributed by atoms with van der Waals surface area (Å²) in [5.41, 5.74) is 6.17. The molecule has 0 spiro atoms. The minimum atomic E-state index is 0.274. The second-order valence-corrected chi connectivity index (χ2v) is 5.58. The van der Waals surface area contributed by atoms with Crippen LogP contribution in [0.3, 0.4) is 0 Å². The molecule has 0 aliphatic heterocycles. The van der Waals surface area contributed by atoms with Crippen LogP contribution in [0.5, 0.6) is 11.5 Å². The molecule has 0 bridgehead atoms. The summed E-state index contributed by atoms with van der Waals surface area (Å²) < 4.78 is 0. The Labute approximate surface area is 130 Å². The standard InChI is InChI=1S/C20H18O2/c1-13-11-18(12-14(2)20(13)22)17-5-3-15(4-6-17)16-7-9-19(21)10-8-16/h3-12,21-22H,1-2H3. The summed E-state index contributed by atoms with van der Waals surface area (Å²) >= 11 is 0. The lowest BCUT2D eigenvalue weighted by atomic mass is 9.97. The number of hydrogen-bond acceptors (Lipinski definition) is 2. The van der Waals surface area contributed by atoms with Crippen molar-refractivity contribution in [2.45, 2.75) is 13.8 Å². The van der Waals surface area contributed by atoms with E-state index in [0.717, 1.165) is 33.4 Å². The van der Waals surface area contributed by atoms with Crippen LogP contribution in [-0.4, -0.2) is 10.2 Å². The van der Waals surface area contributed by atoms with Crippen molar-refractivity contribution in [3.05, 3.63) is 71.8 Å². The normalized spacial score (nSPS) is 10.6. The molecule has 0 fully saturated rings. The Kier molecular flexibility index (Phi) is 3.60. The lowest BCUT2D eigenvalue weighted by Crippen LogP contribution is -1.85. The molecular weight excluding hydrogens is 272 g/mol. The highest BCUT2D eigenvalue weighted by Crippen LogP contribution is 2.30. The molecule has 3 rings (SSSR count). The van der Waals surface area contributed by atoms with Gasteiger partial charge in [0.2, 0.25) is 0 Å². The molecule has 0 atom stereocenters. The molecule has 2 N–H and O–H groups in total. The van der Waals surface area contributed by atoms with Gasteiger partial charge >= 0.3 is 0 Å². The van der Waals surface area contributed by atoms with Crippen molar-refractivity contribution in [1.29, 1.82) is 0 Å². The number of aromatic hydroxyl groups is 2. The fourth-order valence-electron chi connectivity index (χ4n) is 2.63. The van der Waals surface area contributed by atoms with E-state index < -0.39 is 0 Å². The Morgan fingerprint density at radius 2 is 0.909 bits per heavy atom. The van der Waals surface area contributed by atoms with Gasteiger partial charge in [0.15, 0.2) is 0 Å². The van der Waals surface area contributed by atoms with Crippen LogP contribution in [0.15, 0.2) is 60.7 Å². The van der Waals surface area contributed by atoms with Crippen molar-refractivity contribution in [1.82, 2.24) is 0 Å². The van der Waals surface area contributed by atoms with Crippen molar-refractivity contribution < 1.29 is 10.2 Å². The maximum Gasteiger partial charge on any atom is 0.121 e. The van der Waals surface area contributed by atoms with Crippen LogP contribution in [0.2, 0.25) is 0 Å². The van der Waals surface area contributed by atoms with E-state index in [1.807, 2.05) is 38.1 Å². The predicted octanol–water partition coefficient (Wildman–Crippen LogP) is 5.05.